The Morgan fingerprint density at radius 2 is 2.33 bits per heavy atom. The maximum Gasteiger partial charge on any atom is 0.172 e. The highest BCUT2D eigenvalue weighted by atomic mass is 32.2. The summed E-state index contributed by atoms with van der Waals surface area (Å²) < 4.78 is 16.3. The molecular formula is C10H23N3OS. The third-order valence-electron chi connectivity index (χ3n) is 2.79. The third kappa shape index (κ3) is 3.83. The van der Waals surface area contributed by atoms with Gasteiger partial charge in [-0.15, -0.1) is 0 Å². The van der Waals surface area contributed by atoms with E-state index >= 15 is 0 Å². The average molecular weight is 233 g/mol. The number of rotatable bonds is 6. The minimum absolute atomic E-state index is 0.692. The standard InChI is InChI=1S/C10H23N3OS/c1-4-12(8-6-11-3)15(14)13-7-5-10(2)9-13/h10-11H,4-9H2,1-3H3. The van der Waals surface area contributed by atoms with Crippen LogP contribution in [0.25, 0.3) is 0 Å². The van der Waals surface area contributed by atoms with Crippen LogP contribution in [0, 0.1) is 5.92 Å². The molecule has 0 aliphatic carbocycles. The predicted molar refractivity (Wildman–Crippen MR) is 64.7 cm³/mol. The van der Waals surface area contributed by atoms with Gasteiger partial charge in [0.25, 0.3) is 0 Å². The molecule has 1 N–H and O–H groups in total. The first-order valence-corrected chi connectivity index (χ1v) is 6.81. The van der Waals surface area contributed by atoms with Crippen molar-refractivity contribution >= 4 is 11.2 Å². The van der Waals surface area contributed by atoms with Crippen molar-refractivity contribution in [2.45, 2.75) is 20.3 Å². The molecule has 90 valence electrons. The second-order valence-corrected chi connectivity index (χ2v) is 5.63. The summed E-state index contributed by atoms with van der Waals surface area (Å²) in [6.45, 7) is 8.83. The van der Waals surface area contributed by atoms with E-state index < -0.39 is 11.2 Å². The summed E-state index contributed by atoms with van der Waals surface area (Å²) in [7, 11) is 1.93. The molecule has 0 amide bonds. The summed E-state index contributed by atoms with van der Waals surface area (Å²) in [6.07, 6.45) is 1.18. The summed E-state index contributed by atoms with van der Waals surface area (Å²) in [6, 6.07) is 0. The van der Waals surface area contributed by atoms with Gasteiger partial charge in [-0.05, 0) is 19.4 Å². The molecule has 2 unspecified atom stereocenters. The van der Waals surface area contributed by atoms with E-state index in [2.05, 4.69) is 23.5 Å². The van der Waals surface area contributed by atoms with Gasteiger partial charge in [0.15, 0.2) is 11.2 Å². The molecule has 0 aromatic carbocycles. The fourth-order valence-electron chi connectivity index (χ4n) is 1.78. The van der Waals surface area contributed by atoms with Crippen LogP contribution in [0.5, 0.6) is 0 Å². The topological polar surface area (TPSA) is 35.6 Å². The lowest BCUT2D eigenvalue weighted by molar-refractivity contribution is 0.409. The second kappa shape index (κ2) is 6.58. The molecule has 15 heavy (non-hydrogen) atoms. The molecule has 0 aromatic heterocycles. The van der Waals surface area contributed by atoms with Crippen molar-refractivity contribution in [3.05, 3.63) is 0 Å². The number of hydrogen-bond acceptors (Lipinski definition) is 2. The van der Waals surface area contributed by atoms with Gasteiger partial charge in [0.05, 0.1) is 0 Å². The Balaban J connectivity index is 2.42. The maximum absolute atomic E-state index is 12.2. The minimum atomic E-state index is -0.929. The maximum atomic E-state index is 12.2. The van der Waals surface area contributed by atoms with E-state index in [1.54, 1.807) is 0 Å². The van der Waals surface area contributed by atoms with Crippen LogP contribution in [0.1, 0.15) is 20.3 Å². The SMILES string of the molecule is CCN(CCNC)S(=O)N1CCC(C)C1. The largest absolute Gasteiger partial charge is 0.318 e. The molecule has 1 saturated heterocycles. The van der Waals surface area contributed by atoms with Gasteiger partial charge in [-0.2, -0.15) is 0 Å². The molecule has 0 radical (unpaired) electrons. The molecule has 0 aromatic rings. The highest BCUT2D eigenvalue weighted by Gasteiger charge is 2.26. The fourth-order valence-corrected chi connectivity index (χ4v) is 3.22. The Morgan fingerprint density at radius 1 is 1.60 bits per heavy atom. The molecule has 1 aliphatic rings. The number of hydrogen-bond donors (Lipinski definition) is 1. The van der Waals surface area contributed by atoms with Gasteiger partial charge >= 0.3 is 0 Å². The molecule has 1 heterocycles. The Morgan fingerprint density at radius 3 is 2.80 bits per heavy atom. The van der Waals surface area contributed by atoms with E-state index in [1.165, 1.54) is 6.42 Å². The zero-order valence-corrected chi connectivity index (χ0v) is 10.8. The highest BCUT2D eigenvalue weighted by Crippen LogP contribution is 2.18. The van der Waals surface area contributed by atoms with Crippen molar-refractivity contribution in [3.63, 3.8) is 0 Å². The summed E-state index contributed by atoms with van der Waals surface area (Å²) in [5, 5.41) is 3.09. The van der Waals surface area contributed by atoms with E-state index in [4.69, 9.17) is 0 Å². The lowest BCUT2D eigenvalue weighted by atomic mass is 10.2. The van der Waals surface area contributed by atoms with E-state index in [0.717, 1.165) is 32.7 Å². The van der Waals surface area contributed by atoms with Crippen molar-refractivity contribution in [1.82, 2.24) is 13.9 Å². The van der Waals surface area contributed by atoms with E-state index in [0.29, 0.717) is 5.92 Å². The van der Waals surface area contributed by atoms with Crippen molar-refractivity contribution in [3.8, 4) is 0 Å². The van der Waals surface area contributed by atoms with Crippen LogP contribution in [-0.2, 0) is 11.2 Å². The number of likely N-dealkylation sites (N-methyl/N-ethyl adjacent to an activating group) is 2. The molecule has 0 saturated carbocycles. The lowest BCUT2D eigenvalue weighted by Gasteiger charge is -2.24. The molecule has 1 fully saturated rings. The van der Waals surface area contributed by atoms with Crippen LogP contribution < -0.4 is 5.32 Å². The van der Waals surface area contributed by atoms with Crippen molar-refractivity contribution in [2.75, 3.05) is 39.8 Å². The Kier molecular flexibility index (Phi) is 5.74. The van der Waals surface area contributed by atoms with E-state index in [-0.39, 0.29) is 0 Å². The molecular weight excluding hydrogens is 210 g/mol. The second-order valence-electron chi connectivity index (χ2n) is 4.14. The summed E-state index contributed by atoms with van der Waals surface area (Å²) in [4.78, 5) is 0. The van der Waals surface area contributed by atoms with Gasteiger partial charge in [0.2, 0.25) is 0 Å². The van der Waals surface area contributed by atoms with Gasteiger partial charge in [0, 0.05) is 32.7 Å². The summed E-state index contributed by atoms with van der Waals surface area (Å²) in [5.74, 6) is 0.692. The third-order valence-corrected chi connectivity index (χ3v) is 4.45. The molecule has 1 aliphatic heterocycles. The molecule has 0 bridgehead atoms. The average Bonchev–Trinajstić information content (AvgIpc) is 2.65. The van der Waals surface area contributed by atoms with Crippen LogP contribution in [-0.4, -0.2) is 52.6 Å². The molecule has 0 spiro atoms. The quantitative estimate of drug-likeness (QED) is 0.723. The molecule has 5 heteroatoms. The first kappa shape index (κ1) is 13.1. The van der Waals surface area contributed by atoms with Crippen molar-refractivity contribution in [2.24, 2.45) is 5.92 Å². The van der Waals surface area contributed by atoms with E-state index in [9.17, 15) is 4.21 Å². The monoisotopic (exact) mass is 233 g/mol. The van der Waals surface area contributed by atoms with Crippen LogP contribution in [0.2, 0.25) is 0 Å². The van der Waals surface area contributed by atoms with Crippen LogP contribution in [0.3, 0.4) is 0 Å². The van der Waals surface area contributed by atoms with Crippen molar-refractivity contribution in [1.29, 1.82) is 0 Å². The smallest absolute Gasteiger partial charge is 0.172 e. The normalized spacial score (nSPS) is 24.9. The van der Waals surface area contributed by atoms with Crippen LogP contribution in [0.4, 0.5) is 0 Å². The van der Waals surface area contributed by atoms with E-state index in [1.807, 2.05) is 11.4 Å². The van der Waals surface area contributed by atoms with Crippen LogP contribution in [0.15, 0.2) is 0 Å². The minimum Gasteiger partial charge on any atom is -0.318 e. The first-order chi connectivity index (χ1) is 7.19. The first-order valence-electron chi connectivity index (χ1n) is 5.75. The number of nitrogens with one attached hydrogen (secondary N) is 1. The summed E-state index contributed by atoms with van der Waals surface area (Å²) >= 11 is -0.929. The zero-order valence-electron chi connectivity index (χ0n) is 10.0. The van der Waals surface area contributed by atoms with Gasteiger partial charge in [-0.1, -0.05) is 13.8 Å². The van der Waals surface area contributed by atoms with Crippen LogP contribution >= 0.6 is 0 Å². The van der Waals surface area contributed by atoms with Gasteiger partial charge in [-0.3, -0.25) is 0 Å². The Labute approximate surface area is 95.7 Å². The van der Waals surface area contributed by atoms with Crippen molar-refractivity contribution < 1.29 is 4.21 Å². The van der Waals surface area contributed by atoms with Gasteiger partial charge in [-0.25, -0.2) is 12.8 Å². The lowest BCUT2D eigenvalue weighted by Crippen LogP contribution is -2.40. The number of nitrogens with zero attached hydrogens (tertiary/aromatic N) is 2. The zero-order chi connectivity index (χ0) is 11.3. The molecule has 2 atom stereocenters. The molecule has 1 rings (SSSR count). The van der Waals surface area contributed by atoms with Gasteiger partial charge in [0.1, 0.15) is 0 Å². The summed E-state index contributed by atoms with van der Waals surface area (Å²) in [5.41, 5.74) is 0. The van der Waals surface area contributed by atoms with Gasteiger partial charge < -0.3 is 5.32 Å². The fraction of sp³-hybridized carbons (Fsp3) is 1.00. The Bertz CT molecular complexity index is 213. The predicted octanol–water partition coefficient (Wildman–Crippen LogP) is 0.448. The Hall–Kier alpha value is 0.0300. The highest BCUT2D eigenvalue weighted by molar-refractivity contribution is 7.80. The molecule has 4 nitrogen and oxygen atoms in total.